The van der Waals surface area contributed by atoms with Gasteiger partial charge in [0.05, 0.1) is 17.5 Å². The summed E-state index contributed by atoms with van der Waals surface area (Å²) in [6.07, 6.45) is 4.52. The predicted octanol–water partition coefficient (Wildman–Crippen LogP) is 3.72. The topological polar surface area (TPSA) is 79.3 Å². The third-order valence-electron chi connectivity index (χ3n) is 4.16. The molecule has 2 atom stereocenters. The monoisotopic (exact) mass is 342 g/mol. The molecule has 1 amide bonds. The van der Waals surface area contributed by atoms with Gasteiger partial charge >= 0.3 is 5.97 Å². The molecule has 0 saturated carbocycles. The van der Waals surface area contributed by atoms with Crippen molar-refractivity contribution in [2.75, 3.05) is 5.32 Å². The number of anilines is 1. The molecule has 0 aliphatic heterocycles. The van der Waals surface area contributed by atoms with Crippen molar-refractivity contribution in [3.63, 3.8) is 0 Å². The molecule has 124 valence electrons. The van der Waals surface area contributed by atoms with Crippen LogP contribution in [0.3, 0.4) is 0 Å². The van der Waals surface area contributed by atoms with Crippen molar-refractivity contribution >= 4 is 28.3 Å². The SMILES string of the molecule is Cc1sc(NC(=O)[C@@H]2CC=CC[C@@H]2C(=O)O)nc1-c1ccccc1. The number of carbonyl (C=O) groups is 2. The van der Waals surface area contributed by atoms with Crippen molar-refractivity contribution in [3.05, 3.63) is 47.4 Å². The van der Waals surface area contributed by atoms with E-state index in [2.05, 4.69) is 10.3 Å². The number of hydrogen-bond donors (Lipinski definition) is 2. The zero-order valence-corrected chi connectivity index (χ0v) is 14.0. The fourth-order valence-corrected chi connectivity index (χ4v) is 3.73. The predicted molar refractivity (Wildman–Crippen MR) is 93.9 cm³/mol. The van der Waals surface area contributed by atoms with Crippen molar-refractivity contribution in [2.24, 2.45) is 11.8 Å². The number of nitrogens with one attached hydrogen (secondary N) is 1. The summed E-state index contributed by atoms with van der Waals surface area (Å²) in [6, 6.07) is 9.77. The minimum atomic E-state index is -0.931. The third kappa shape index (κ3) is 3.38. The highest BCUT2D eigenvalue weighted by molar-refractivity contribution is 7.16. The van der Waals surface area contributed by atoms with Gasteiger partial charge in [0.15, 0.2) is 5.13 Å². The molecule has 0 radical (unpaired) electrons. The van der Waals surface area contributed by atoms with E-state index in [0.29, 0.717) is 18.0 Å². The molecule has 24 heavy (non-hydrogen) atoms. The van der Waals surface area contributed by atoms with Crippen LogP contribution in [-0.4, -0.2) is 22.0 Å². The van der Waals surface area contributed by atoms with Gasteiger partial charge in [0.1, 0.15) is 0 Å². The lowest BCUT2D eigenvalue weighted by molar-refractivity contribution is -0.146. The van der Waals surface area contributed by atoms with Crippen LogP contribution in [0.4, 0.5) is 5.13 Å². The van der Waals surface area contributed by atoms with Crippen molar-refractivity contribution in [3.8, 4) is 11.3 Å². The lowest BCUT2D eigenvalue weighted by Gasteiger charge is -2.23. The number of aromatic nitrogens is 1. The van der Waals surface area contributed by atoms with Crippen molar-refractivity contribution in [1.29, 1.82) is 0 Å². The van der Waals surface area contributed by atoms with E-state index >= 15 is 0 Å². The number of benzene rings is 1. The fourth-order valence-electron chi connectivity index (χ4n) is 2.89. The summed E-state index contributed by atoms with van der Waals surface area (Å²) in [5.74, 6) is -2.44. The van der Waals surface area contributed by atoms with Gasteiger partial charge in [-0.3, -0.25) is 9.59 Å². The molecule has 0 fully saturated rings. The van der Waals surface area contributed by atoms with Crippen LogP contribution in [-0.2, 0) is 9.59 Å². The average molecular weight is 342 g/mol. The Morgan fingerprint density at radius 2 is 1.83 bits per heavy atom. The largest absolute Gasteiger partial charge is 0.481 e. The number of hydrogen-bond acceptors (Lipinski definition) is 4. The van der Waals surface area contributed by atoms with Crippen molar-refractivity contribution in [1.82, 2.24) is 4.98 Å². The van der Waals surface area contributed by atoms with Gasteiger partial charge in [-0.15, -0.1) is 11.3 Å². The van der Waals surface area contributed by atoms with Crippen molar-refractivity contribution < 1.29 is 14.7 Å². The second-order valence-corrected chi connectivity index (χ2v) is 6.98. The smallest absolute Gasteiger partial charge is 0.307 e. The standard InChI is InChI=1S/C18H18N2O3S/c1-11-15(12-7-3-2-4-8-12)19-18(24-11)20-16(21)13-9-5-6-10-14(13)17(22)23/h2-8,13-14H,9-10H2,1H3,(H,22,23)(H,19,20,21)/t13-,14+/m1/s1. The molecule has 1 aromatic carbocycles. The number of aryl methyl sites for hydroxylation is 1. The Morgan fingerprint density at radius 1 is 1.17 bits per heavy atom. The third-order valence-corrected chi connectivity index (χ3v) is 5.05. The molecule has 2 N–H and O–H groups in total. The highest BCUT2D eigenvalue weighted by Crippen LogP contribution is 2.32. The van der Waals surface area contributed by atoms with Crippen LogP contribution in [0.15, 0.2) is 42.5 Å². The number of allylic oxidation sites excluding steroid dienone is 2. The minimum Gasteiger partial charge on any atom is -0.481 e. The molecule has 0 saturated heterocycles. The van der Waals surface area contributed by atoms with Gasteiger partial charge in [0.25, 0.3) is 0 Å². The molecule has 0 bridgehead atoms. The lowest BCUT2D eigenvalue weighted by atomic mass is 9.82. The fraction of sp³-hybridized carbons (Fsp3) is 0.278. The molecule has 1 heterocycles. The molecule has 5 nitrogen and oxygen atoms in total. The average Bonchev–Trinajstić information content (AvgIpc) is 2.96. The van der Waals surface area contributed by atoms with Crippen LogP contribution in [0.25, 0.3) is 11.3 Å². The van der Waals surface area contributed by atoms with Crippen LogP contribution < -0.4 is 5.32 Å². The summed E-state index contributed by atoms with van der Waals surface area (Å²) >= 11 is 1.40. The summed E-state index contributed by atoms with van der Waals surface area (Å²) in [5, 5.41) is 12.6. The molecular weight excluding hydrogens is 324 g/mol. The molecular formula is C18H18N2O3S. The number of aliphatic carboxylic acids is 1. The van der Waals surface area contributed by atoms with Crippen LogP contribution in [0, 0.1) is 18.8 Å². The van der Waals surface area contributed by atoms with E-state index < -0.39 is 17.8 Å². The quantitative estimate of drug-likeness (QED) is 0.830. The molecule has 1 aliphatic rings. The van der Waals surface area contributed by atoms with Gasteiger partial charge in [0.2, 0.25) is 5.91 Å². The molecule has 0 unspecified atom stereocenters. The number of carbonyl (C=O) groups excluding carboxylic acids is 1. The summed E-state index contributed by atoms with van der Waals surface area (Å²) in [7, 11) is 0. The van der Waals surface area contributed by atoms with Gasteiger partial charge in [-0.25, -0.2) is 4.98 Å². The molecule has 3 rings (SSSR count). The zero-order chi connectivity index (χ0) is 17.1. The number of rotatable bonds is 4. The second kappa shape index (κ2) is 6.97. The summed E-state index contributed by atoms with van der Waals surface area (Å²) in [6.45, 7) is 1.96. The van der Waals surface area contributed by atoms with Gasteiger partial charge in [-0.1, -0.05) is 42.5 Å². The number of thiazole rings is 1. The van der Waals surface area contributed by atoms with Gasteiger partial charge in [-0.2, -0.15) is 0 Å². The maximum atomic E-state index is 12.5. The molecule has 1 aliphatic carbocycles. The summed E-state index contributed by atoms with van der Waals surface area (Å²) in [4.78, 5) is 29.4. The maximum absolute atomic E-state index is 12.5. The maximum Gasteiger partial charge on any atom is 0.307 e. The van der Waals surface area contributed by atoms with E-state index in [1.165, 1.54) is 11.3 Å². The first-order valence-corrected chi connectivity index (χ1v) is 8.59. The Hall–Kier alpha value is -2.47. The Bertz CT molecular complexity index is 783. The Labute approximate surface area is 144 Å². The van der Waals surface area contributed by atoms with Gasteiger partial charge < -0.3 is 10.4 Å². The first-order valence-electron chi connectivity index (χ1n) is 7.78. The Balaban J connectivity index is 1.78. The number of nitrogens with zero attached hydrogens (tertiary/aromatic N) is 1. The highest BCUT2D eigenvalue weighted by atomic mass is 32.1. The van der Waals surface area contributed by atoms with E-state index in [0.717, 1.165) is 16.1 Å². The first kappa shape index (κ1) is 16.4. The molecule has 2 aromatic rings. The summed E-state index contributed by atoms with van der Waals surface area (Å²) in [5.41, 5.74) is 1.84. The normalized spacial score (nSPS) is 19.9. The lowest BCUT2D eigenvalue weighted by Crippen LogP contribution is -2.34. The highest BCUT2D eigenvalue weighted by Gasteiger charge is 2.34. The Kier molecular flexibility index (Phi) is 4.76. The van der Waals surface area contributed by atoms with E-state index in [1.54, 1.807) is 0 Å². The summed E-state index contributed by atoms with van der Waals surface area (Å²) < 4.78 is 0. The van der Waals surface area contributed by atoms with Crippen LogP contribution in [0.5, 0.6) is 0 Å². The van der Waals surface area contributed by atoms with E-state index in [4.69, 9.17) is 0 Å². The first-order chi connectivity index (χ1) is 11.6. The van der Waals surface area contributed by atoms with E-state index in [9.17, 15) is 14.7 Å². The molecule has 6 heteroatoms. The van der Waals surface area contributed by atoms with E-state index in [1.807, 2.05) is 49.4 Å². The number of carboxylic acids is 1. The molecule has 0 spiro atoms. The van der Waals surface area contributed by atoms with Crippen molar-refractivity contribution in [2.45, 2.75) is 19.8 Å². The van der Waals surface area contributed by atoms with Gasteiger partial charge in [-0.05, 0) is 19.8 Å². The van der Waals surface area contributed by atoms with Gasteiger partial charge in [0, 0.05) is 10.4 Å². The van der Waals surface area contributed by atoms with Crippen LogP contribution >= 0.6 is 11.3 Å². The zero-order valence-electron chi connectivity index (χ0n) is 13.2. The van der Waals surface area contributed by atoms with E-state index in [-0.39, 0.29) is 5.91 Å². The van der Waals surface area contributed by atoms with Crippen LogP contribution in [0.1, 0.15) is 17.7 Å². The van der Waals surface area contributed by atoms with Crippen LogP contribution in [0.2, 0.25) is 0 Å². The minimum absolute atomic E-state index is 0.278. The number of amides is 1. The second-order valence-electron chi connectivity index (χ2n) is 5.77. The molecule has 1 aromatic heterocycles. The Morgan fingerprint density at radius 3 is 2.50 bits per heavy atom. The number of carboxylic acid groups (broad SMARTS) is 1.